The van der Waals surface area contributed by atoms with Crippen LogP contribution in [0.1, 0.15) is 0 Å². The molecular formula is C9H10Br2N2O2. The highest BCUT2D eigenvalue weighted by Crippen LogP contribution is 2.25. The molecule has 0 aromatic heterocycles. The largest absolute Gasteiger partial charge is 0.395 e. The summed E-state index contributed by atoms with van der Waals surface area (Å²) in [5.74, 6) is 0. The number of urea groups is 1. The van der Waals surface area contributed by atoms with Crippen molar-refractivity contribution in [1.82, 2.24) is 5.32 Å². The lowest BCUT2D eigenvalue weighted by Gasteiger charge is -2.08. The highest BCUT2D eigenvalue weighted by molar-refractivity contribution is 9.11. The van der Waals surface area contributed by atoms with Gasteiger partial charge in [-0.25, -0.2) is 4.79 Å². The molecule has 6 heteroatoms. The zero-order chi connectivity index (χ0) is 11.3. The number of hydrogen-bond acceptors (Lipinski definition) is 2. The lowest BCUT2D eigenvalue weighted by Crippen LogP contribution is -2.31. The van der Waals surface area contributed by atoms with Crippen LogP contribution in [0.25, 0.3) is 0 Å². The van der Waals surface area contributed by atoms with Crippen molar-refractivity contribution in [2.24, 2.45) is 0 Å². The van der Waals surface area contributed by atoms with Crippen molar-refractivity contribution in [2.75, 3.05) is 18.5 Å². The van der Waals surface area contributed by atoms with Gasteiger partial charge in [-0.3, -0.25) is 0 Å². The molecule has 0 bridgehead atoms. The second-order valence-corrected chi connectivity index (χ2v) is 4.50. The Hall–Kier alpha value is -0.590. The predicted molar refractivity (Wildman–Crippen MR) is 65.9 cm³/mol. The molecule has 0 saturated heterocycles. The quantitative estimate of drug-likeness (QED) is 0.792. The zero-order valence-corrected chi connectivity index (χ0v) is 10.9. The van der Waals surface area contributed by atoms with E-state index in [1.165, 1.54) is 0 Å². The molecule has 1 aromatic carbocycles. The fraction of sp³-hybridized carbons (Fsp3) is 0.222. The number of anilines is 1. The van der Waals surface area contributed by atoms with Gasteiger partial charge in [-0.1, -0.05) is 15.9 Å². The number of aliphatic hydroxyl groups excluding tert-OH is 1. The van der Waals surface area contributed by atoms with Crippen LogP contribution in [0.5, 0.6) is 0 Å². The molecule has 0 aliphatic carbocycles. The molecule has 0 spiro atoms. The summed E-state index contributed by atoms with van der Waals surface area (Å²) in [7, 11) is 0. The maximum absolute atomic E-state index is 11.2. The van der Waals surface area contributed by atoms with Crippen molar-refractivity contribution in [3.63, 3.8) is 0 Å². The van der Waals surface area contributed by atoms with Crippen LogP contribution in [0.2, 0.25) is 0 Å². The van der Waals surface area contributed by atoms with Crippen LogP contribution in [-0.4, -0.2) is 24.3 Å². The summed E-state index contributed by atoms with van der Waals surface area (Å²) < 4.78 is 1.71. The minimum absolute atomic E-state index is 0.0745. The van der Waals surface area contributed by atoms with E-state index in [1.54, 1.807) is 6.07 Å². The van der Waals surface area contributed by atoms with Crippen LogP contribution in [0.3, 0.4) is 0 Å². The topological polar surface area (TPSA) is 61.4 Å². The van der Waals surface area contributed by atoms with Gasteiger partial charge in [0.1, 0.15) is 0 Å². The molecule has 1 rings (SSSR count). The minimum Gasteiger partial charge on any atom is -0.395 e. The number of carbonyl (C=O) groups excluding carboxylic acids is 1. The van der Waals surface area contributed by atoms with Gasteiger partial charge < -0.3 is 15.7 Å². The molecule has 2 amide bonds. The maximum atomic E-state index is 11.2. The predicted octanol–water partition coefficient (Wildman–Crippen LogP) is 2.33. The molecule has 0 fully saturated rings. The Morgan fingerprint density at radius 2 is 2.13 bits per heavy atom. The van der Waals surface area contributed by atoms with Gasteiger partial charge in [0.2, 0.25) is 0 Å². The Bertz CT molecular complexity index is 358. The van der Waals surface area contributed by atoms with E-state index in [0.717, 1.165) is 8.95 Å². The van der Waals surface area contributed by atoms with Gasteiger partial charge in [-0.15, -0.1) is 0 Å². The highest BCUT2D eigenvalue weighted by Gasteiger charge is 2.04. The fourth-order valence-corrected chi connectivity index (χ4v) is 2.07. The van der Waals surface area contributed by atoms with Gasteiger partial charge in [0.15, 0.2) is 0 Å². The molecule has 82 valence electrons. The Balaban J connectivity index is 2.60. The number of nitrogens with one attached hydrogen (secondary N) is 2. The maximum Gasteiger partial charge on any atom is 0.319 e. The van der Waals surface area contributed by atoms with E-state index in [0.29, 0.717) is 5.69 Å². The molecule has 4 nitrogen and oxygen atoms in total. The average molecular weight is 338 g/mol. The van der Waals surface area contributed by atoms with Gasteiger partial charge in [0.05, 0.1) is 12.3 Å². The van der Waals surface area contributed by atoms with Gasteiger partial charge in [-0.05, 0) is 34.1 Å². The van der Waals surface area contributed by atoms with Gasteiger partial charge in [0.25, 0.3) is 0 Å². The number of aliphatic hydroxyl groups is 1. The lowest BCUT2D eigenvalue weighted by atomic mass is 10.3. The third kappa shape index (κ3) is 4.19. The number of benzene rings is 1. The van der Waals surface area contributed by atoms with E-state index >= 15 is 0 Å². The van der Waals surface area contributed by atoms with E-state index in [2.05, 4.69) is 42.5 Å². The molecule has 3 N–H and O–H groups in total. The molecule has 0 heterocycles. The van der Waals surface area contributed by atoms with Gasteiger partial charge in [-0.2, -0.15) is 0 Å². The number of carbonyl (C=O) groups is 1. The first-order valence-corrected chi connectivity index (χ1v) is 5.83. The molecule has 0 aliphatic rings. The summed E-state index contributed by atoms with van der Waals surface area (Å²) in [6.45, 7) is 0.162. The van der Waals surface area contributed by atoms with Crippen LogP contribution >= 0.6 is 31.9 Å². The Morgan fingerprint density at radius 1 is 1.40 bits per heavy atom. The molecule has 15 heavy (non-hydrogen) atoms. The summed E-state index contributed by atoms with van der Waals surface area (Å²) in [6.07, 6.45) is 0. The first-order chi connectivity index (χ1) is 7.13. The molecule has 0 saturated carbocycles. The first-order valence-electron chi connectivity index (χ1n) is 4.24. The fourth-order valence-electron chi connectivity index (χ4n) is 0.927. The summed E-state index contributed by atoms with van der Waals surface area (Å²) in [6, 6.07) is 5.09. The first kappa shape index (κ1) is 12.5. The number of amides is 2. The monoisotopic (exact) mass is 336 g/mol. The Morgan fingerprint density at radius 3 is 2.73 bits per heavy atom. The molecule has 0 aliphatic heterocycles. The molecular weight excluding hydrogens is 328 g/mol. The highest BCUT2D eigenvalue weighted by atomic mass is 79.9. The average Bonchev–Trinajstić information content (AvgIpc) is 2.19. The van der Waals surface area contributed by atoms with E-state index in [4.69, 9.17) is 5.11 Å². The van der Waals surface area contributed by atoms with E-state index < -0.39 is 0 Å². The lowest BCUT2D eigenvalue weighted by molar-refractivity contribution is 0.245. The summed E-state index contributed by atoms with van der Waals surface area (Å²) in [5, 5.41) is 13.6. The van der Waals surface area contributed by atoms with Gasteiger partial charge >= 0.3 is 6.03 Å². The number of hydrogen-bond donors (Lipinski definition) is 3. The molecule has 1 aromatic rings. The molecule has 0 unspecified atom stereocenters. The van der Waals surface area contributed by atoms with Crippen LogP contribution in [0.15, 0.2) is 27.1 Å². The van der Waals surface area contributed by atoms with Crippen LogP contribution in [-0.2, 0) is 0 Å². The van der Waals surface area contributed by atoms with E-state index in [1.807, 2.05) is 12.1 Å². The minimum atomic E-state index is -0.341. The third-order valence-corrected chi connectivity index (χ3v) is 2.73. The van der Waals surface area contributed by atoms with Crippen molar-refractivity contribution >= 4 is 43.6 Å². The second-order valence-electron chi connectivity index (χ2n) is 2.73. The third-order valence-electron chi connectivity index (χ3n) is 1.58. The van der Waals surface area contributed by atoms with Crippen LogP contribution in [0, 0.1) is 0 Å². The van der Waals surface area contributed by atoms with Crippen LogP contribution in [0.4, 0.5) is 10.5 Å². The smallest absolute Gasteiger partial charge is 0.319 e. The normalized spacial score (nSPS) is 9.80. The van der Waals surface area contributed by atoms with Crippen molar-refractivity contribution in [3.05, 3.63) is 27.1 Å². The number of rotatable bonds is 3. The van der Waals surface area contributed by atoms with Crippen molar-refractivity contribution in [2.45, 2.75) is 0 Å². The standard InChI is InChI=1S/C9H10Br2N2O2/c10-6-1-2-8(7(11)5-6)13-9(15)12-3-4-14/h1-2,5,14H,3-4H2,(H2,12,13,15). The summed E-state index contributed by atoms with van der Waals surface area (Å²) >= 11 is 6.63. The van der Waals surface area contributed by atoms with Gasteiger partial charge in [0, 0.05) is 15.5 Å². The number of halogens is 2. The van der Waals surface area contributed by atoms with Crippen LogP contribution < -0.4 is 10.6 Å². The Labute approximate surface area is 104 Å². The van der Waals surface area contributed by atoms with E-state index in [-0.39, 0.29) is 19.2 Å². The van der Waals surface area contributed by atoms with E-state index in [9.17, 15) is 4.79 Å². The molecule has 0 atom stereocenters. The van der Waals surface area contributed by atoms with Crippen molar-refractivity contribution < 1.29 is 9.90 Å². The van der Waals surface area contributed by atoms with Crippen molar-refractivity contribution in [3.8, 4) is 0 Å². The summed E-state index contributed by atoms with van der Waals surface area (Å²) in [4.78, 5) is 11.2. The zero-order valence-electron chi connectivity index (χ0n) is 7.76. The summed E-state index contributed by atoms with van der Waals surface area (Å²) in [5.41, 5.74) is 0.675. The Kier molecular flexibility index (Phi) is 5.07. The van der Waals surface area contributed by atoms with Crippen molar-refractivity contribution in [1.29, 1.82) is 0 Å². The SMILES string of the molecule is O=C(NCCO)Nc1ccc(Br)cc1Br. The molecule has 0 radical (unpaired) electrons. The second kappa shape index (κ2) is 6.09.